The van der Waals surface area contributed by atoms with Crippen LogP contribution in [0, 0.1) is 0 Å². The Labute approximate surface area is 106 Å². The molecule has 0 amide bonds. The average Bonchev–Trinajstić information content (AvgIpc) is 1.99. The van der Waals surface area contributed by atoms with Gasteiger partial charge in [-0.1, -0.05) is 15.9 Å². The van der Waals surface area contributed by atoms with Crippen LogP contribution in [0.25, 0.3) is 0 Å². The topological polar surface area (TPSA) is 49.4 Å². The molecule has 0 saturated carbocycles. The van der Waals surface area contributed by atoms with Crippen molar-refractivity contribution < 1.29 is 8.42 Å². The molecule has 15 heavy (non-hydrogen) atoms. The van der Waals surface area contributed by atoms with E-state index in [1.807, 2.05) is 0 Å². The van der Waals surface area contributed by atoms with Gasteiger partial charge in [-0.15, -0.1) is 4.83 Å². The molecule has 4 nitrogen and oxygen atoms in total. The normalized spacial score (nSPS) is 12.1. The molecule has 1 aromatic carbocycles. The first-order valence-electron chi connectivity index (χ1n) is 3.98. The first kappa shape index (κ1) is 13.1. The number of nitrogens with zero attached hydrogens (tertiary/aromatic N) is 1. The highest BCUT2D eigenvalue weighted by atomic mass is 79.9. The maximum Gasteiger partial charge on any atom is 0.254 e. The van der Waals surface area contributed by atoms with Crippen LogP contribution in [0.4, 0.5) is 0 Å². The highest BCUT2D eigenvalue weighted by Gasteiger charge is 2.17. The van der Waals surface area contributed by atoms with Crippen molar-refractivity contribution in [1.82, 2.24) is 9.84 Å². The minimum absolute atomic E-state index is 0.208. The molecule has 84 valence electrons. The SMILES string of the molecule is CN(C)NS(=O)(=O)c1ccc(Br)cc1Br. The number of hydrazine groups is 1. The Morgan fingerprint density at radius 3 is 2.33 bits per heavy atom. The molecule has 1 aromatic rings. The molecule has 0 aromatic heterocycles. The summed E-state index contributed by atoms with van der Waals surface area (Å²) in [7, 11) is -0.268. The zero-order chi connectivity index (χ0) is 11.6. The lowest BCUT2D eigenvalue weighted by Gasteiger charge is -2.13. The van der Waals surface area contributed by atoms with E-state index in [1.165, 1.54) is 11.1 Å². The van der Waals surface area contributed by atoms with Gasteiger partial charge < -0.3 is 0 Å². The first-order chi connectivity index (χ1) is 6.83. The smallest absolute Gasteiger partial charge is 0.237 e. The van der Waals surface area contributed by atoms with Gasteiger partial charge in [0, 0.05) is 23.0 Å². The molecular formula is C8H10Br2N2O2S. The van der Waals surface area contributed by atoms with Crippen molar-refractivity contribution in [2.75, 3.05) is 14.1 Å². The van der Waals surface area contributed by atoms with E-state index in [2.05, 4.69) is 36.7 Å². The molecule has 0 heterocycles. The summed E-state index contributed by atoms with van der Waals surface area (Å²) in [5, 5.41) is 1.38. The van der Waals surface area contributed by atoms with Crippen LogP contribution in [0.1, 0.15) is 0 Å². The van der Waals surface area contributed by atoms with E-state index < -0.39 is 10.0 Å². The maximum atomic E-state index is 11.8. The van der Waals surface area contributed by atoms with Gasteiger partial charge in [0.25, 0.3) is 10.0 Å². The molecule has 0 bridgehead atoms. The second kappa shape index (κ2) is 4.92. The number of sulfonamides is 1. The summed E-state index contributed by atoms with van der Waals surface area (Å²) in [6, 6.07) is 4.89. The molecule has 0 saturated heterocycles. The van der Waals surface area contributed by atoms with Gasteiger partial charge in [0.1, 0.15) is 0 Å². The predicted molar refractivity (Wildman–Crippen MR) is 65.9 cm³/mol. The molecule has 0 unspecified atom stereocenters. The summed E-state index contributed by atoms with van der Waals surface area (Å²) < 4.78 is 24.9. The molecule has 0 aliphatic carbocycles. The van der Waals surface area contributed by atoms with Gasteiger partial charge in [-0.2, -0.15) is 0 Å². The van der Waals surface area contributed by atoms with Gasteiger partial charge in [0.15, 0.2) is 0 Å². The van der Waals surface area contributed by atoms with Gasteiger partial charge >= 0.3 is 0 Å². The standard InChI is InChI=1S/C8H10Br2N2O2S/c1-12(2)11-15(13,14)8-4-3-6(9)5-7(8)10/h3-5,11H,1-2H3. The Bertz CT molecular complexity index is 460. The van der Waals surface area contributed by atoms with Crippen molar-refractivity contribution in [2.45, 2.75) is 4.90 Å². The van der Waals surface area contributed by atoms with Crippen LogP contribution in [0.5, 0.6) is 0 Å². The minimum Gasteiger partial charge on any atom is -0.237 e. The summed E-state index contributed by atoms with van der Waals surface area (Å²) in [5.74, 6) is 0. The van der Waals surface area contributed by atoms with Crippen LogP contribution in [0.15, 0.2) is 32.0 Å². The van der Waals surface area contributed by atoms with Gasteiger partial charge in [-0.3, -0.25) is 0 Å². The number of halogens is 2. The zero-order valence-corrected chi connectivity index (χ0v) is 12.1. The molecule has 1 N–H and O–H groups in total. The average molecular weight is 358 g/mol. The molecule has 1 rings (SSSR count). The summed E-state index contributed by atoms with van der Waals surface area (Å²) >= 11 is 6.46. The Morgan fingerprint density at radius 1 is 1.27 bits per heavy atom. The second-order valence-electron chi connectivity index (χ2n) is 3.06. The van der Waals surface area contributed by atoms with Crippen molar-refractivity contribution >= 4 is 41.9 Å². The molecule has 0 aliphatic heterocycles. The lowest BCUT2D eigenvalue weighted by Crippen LogP contribution is -2.36. The summed E-state index contributed by atoms with van der Waals surface area (Å²) in [5.41, 5.74) is 0. The van der Waals surface area contributed by atoms with Crippen molar-refractivity contribution in [1.29, 1.82) is 0 Å². The van der Waals surface area contributed by atoms with Gasteiger partial charge in [0.05, 0.1) is 4.90 Å². The number of benzene rings is 1. The molecule has 0 radical (unpaired) electrons. The van der Waals surface area contributed by atoms with Crippen LogP contribution >= 0.6 is 31.9 Å². The molecule has 0 spiro atoms. The van der Waals surface area contributed by atoms with Gasteiger partial charge in [-0.25, -0.2) is 13.4 Å². The van der Waals surface area contributed by atoms with Crippen molar-refractivity contribution in [3.63, 3.8) is 0 Å². The number of hydrogen-bond donors (Lipinski definition) is 1. The molecule has 0 fully saturated rings. The number of hydrogen-bond acceptors (Lipinski definition) is 3. The Morgan fingerprint density at radius 2 is 1.87 bits per heavy atom. The Hall–Kier alpha value is 0.0500. The zero-order valence-electron chi connectivity index (χ0n) is 8.16. The van der Waals surface area contributed by atoms with E-state index in [0.29, 0.717) is 4.47 Å². The molecule has 0 atom stereocenters. The van der Waals surface area contributed by atoms with Crippen LogP contribution in [0.3, 0.4) is 0 Å². The summed E-state index contributed by atoms with van der Waals surface area (Å²) in [6.07, 6.45) is 0. The Kier molecular flexibility index (Phi) is 4.30. The third kappa shape index (κ3) is 3.53. The van der Waals surface area contributed by atoms with E-state index in [4.69, 9.17) is 0 Å². The third-order valence-corrected chi connectivity index (χ3v) is 4.44. The predicted octanol–water partition coefficient (Wildman–Crippen LogP) is 1.97. The van der Waals surface area contributed by atoms with Crippen LogP contribution in [-0.2, 0) is 10.0 Å². The summed E-state index contributed by atoms with van der Waals surface area (Å²) in [6.45, 7) is 0. The lowest BCUT2D eigenvalue weighted by atomic mass is 10.4. The molecular weight excluding hydrogens is 348 g/mol. The molecule has 0 aliphatic rings. The lowest BCUT2D eigenvalue weighted by molar-refractivity contribution is 0.364. The fraction of sp³-hybridized carbons (Fsp3) is 0.250. The van der Waals surface area contributed by atoms with Crippen LogP contribution < -0.4 is 4.83 Å². The monoisotopic (exact) mass is 356 g/mol. The summed E-state index contributed by atoms with van der Waals surface area (Å²) in [4.78, 5) is 2.56. The van der Waals surface area contributed by atoms with Crippen molar-refractivity contribution in [2.24, 2.45) is 0 Å². The second-order valence-corrected chi connectivity index (χ2v) is 6.46. The van der Waals surface area contributed by atoms with Crippen molar-refractivity contribution in [3.05, 3.63) is 27.1 Å². The molecule has 7 heteroatoms. The van der Waals surface area contributed by atoms with E-state index in [9.17, 15) is 8.42 Å². The van der Waals surface area contributed by atoms with E-state index in [-0.39, 0.29) is 4.90 Å². The van der Waals surface area contributed by atoms with E-state index in [0.717, 1.165) is 4.47 Å². The van der Waals surface area contributed by atoms with Crippen LogP contribution in [0.2, 0.25) is 0 Å². The fourth-order valence-electron chi connectivity index (χ4n) is 0.983. The maximum absolute atomic E-state index is 11.8. The van der Waals surface area contributed by atoms with Gasteiger partial charge in [0.2, 0.25) is 0 Å². The van der Waals surface area contributed by atoms with Gasteiger partial charge in [-0.05, 0) is 34.1 Å². The van der Waals surface area contributed by atoms with Crippen LogP contribution in [-0.4, -0.2) is 27.5 Å². The van der Waals surface area contributed by atoms with E-state index >= 15 is 0 Å². The first-order valence-corrected chi connectivity index (χ1v) is 7.04. The van der Waals surface area contributed by atoms with E-state index in [1.54, 1.807) is 26.2 Å². The highest BCUT2D eigenvalue weighted by molar-refractivity contribution is 9.11. The minimum atomic E-state index is -3.50. The number of nitrogens with one attached hydrogen (secondary N) is 1. The largest absolute Gasteiger partial charge is 0.254 e. The fourth-order valence-corrected chi connectivity index (χ4v) is 3.81. The Balaban J connectivity index is 3.16. The number of rotatable bonds is 3. The van der Waals surface area contributed by atoms with Crippen molar-refractivity contribution in [3.8, 4) is 0 Å². The third-order valence-electron chi connectivity index (χ3n) is 1.49. The highest BCUT2D eigenvalue weighted by Crippen LogP contribution is 2.25. The quantitative estimate of drug-likeness (QED) is 0.841.